The number of anilines is 1. The molecule has 2 N–H and O–H groups in total. The molecule has 0 aromatic heterocycles. The van der Waals surface area contributed by atoms with Crippen LogP contribution in [0, 0.1) is 11.3 Å². The van der Waals surface area contributed by atoms with Crippen molar-refractivity contribution in [3.8, 4) is 6.07 Å². The van der Waals surface area contributed by atoms with Crippen molar-refractivity contribution in [2.45, 2.75) is 0 Å². The van der Waals surface area contributed by atoms with Gasteiger partial charge in [-0.25, -0.2) is 4.79 Å². The van der Waals surface area contributed by atoms with Crippen LogP contribution in [0.3, 0.4) is 0 Å². The highest BCUT2D eigenvalue weighted by Gasteiger charge is 2.20. The van der Waals surface area contributed by atoms with Crippen LogP contribution in [0.5, 0.6) is 0 Å². The summed E-state index contributed by atoms with van der Waals surface area (Å²) < 4.78 is 0. The van der Waals surface area contributed by atoms with Gasteiger partial charge in [-0.1, -0.05) is 6.07 Å². The van der Waals surface area contributed by atoms with E-state index in [1.165, 1.54) is 0 Å². The Bertz CT molecular complexity index is 504. The van der Waals surface area contributed by atoms with Crippen molar-refractivity contribution < 1.29 is 9.90 Å². The number of aliphatic hydroxyl groups is 1. The maximum Gasteiger partial charge on any atom is 0.321 e. The van der Waals surface area contributed by atoms with E-state index in [2.05, 4.69) is 10.2 Å². The van der Waals surface area contributed by atoms with Crippen LogP contribution in [-0.2, 0) is 0 Å². The summed E-state index contributed by atoms with van der Waals surface area (Å²) in [5, 5.41) is 20.5. The Morgan fingerprint density at radius 1 is 1.35 bits per heavy atom. The molecule has 0 spiro atoms. The summed E-state index contributed by atoms with van der Waals surface area (Å²) in [6.07, 6.45) is 0. The van der Waals surface area contributed by atoms with Crippen LogP contribution in [0.25, 0.3) is 0 Å². The highest BCUT2D eigenvalue weighted by molar-refractivity contribution is 5.89. The number of hydrogen-bond donors (Lipinski definition) is 2. The van der Waals surface area contributed by atoms with Gasteiger partial charge in [0.15, 0.2) is 0 Å². The second-order valence-corrected chi connectivity index (χ2v) is 4.68. The van der Waals surface area contributed by atoms with Gasteiger partial charge in [0.1, 0.15) is 0 Å². The molecule has 1 heterocycles. The first-order chi connectivity index (χ1) is 9.72. The van der Waals surface area contributed by atoms with Gasteiger partial charge in [0.25, 0.3) is 0 Å². The predicted molar refractivity (Wildman–Crippen MR) is 75.3 cm³/mol. The summed E-state index contributed by atoms with van der Waals surface area (Å²) >= 11 is 0. The van der Waals surface area contributed by atoms with E-state index in [9.17, 15) is 4.79 Å². The third kappa shape index (κ3) is 3.70. The standard InChI is InChI=1S/C14H18N4O2/c15-11-12-2-1-3-13(10-12)16-14(20)18-6-4-17(5-7-18)8-9-19/h1-3,10,19H,4-9H2,(H,16,20). The number of carbonyl (C=O) groups excluding carboxylic acids is 1. The molecule has 6 heteroatoms. The molecule has 1 saturated heterocycles. The van der Waals surface area contributed by atoms with Gasteiger partial charge >= 0.3 is 6.03 Å². The minimum atomic E-state index is -0.149. The summed E-state index contributed by atoms with van der Waals surface area (Å²) in [6.45, 7) is 3.62. The molecular weight excluding hydrogens is 256 g/mol. The van der Waals surface area contributed by atoms with Crippen molar-refractivity contribution in [3.05, 3.63) is 29.8 Å². The molecule has 20 heavy (non-hydrogen) atoms. The minimum absolute atomic E-state index is 0.146. The number of nitrogens with one attached hydrogen (secondary N) is 1. The van der Waals surface area contributed by atoms with Crippen LogP contribution < -0.4 is 5.32 Å². The fourth-order valence-corrected chi connectivity index (χ4v) is 2.19. The summed E-state index contributed by atoms with van der Waals surface area (Å²) in [5.41, 5.74) is 1.16. The second kappa shape index (κ2) is 6.89. The normalized spacial score (nSPS) is 15.7. The van der Waals surface area contributed by atoms with E-state index >= 15 is 0 Å². The van der Waals surface area contributed by atoms with Crippen LogP contribution >= 0.6 is 0 Å². The Kier molecular flexibility index (Phi) is 4.93. The van der Waals surface area contributed by atoms with Gasteiger partial charge in [0.05, 0.1) is 18.2 Å². The molecule has 1 aliphatic rings. The van der Waals surface area contributed by atoms with Gasteiger partial charge in [-0.15, -0.1) is 0 Å². The van der Waals surface area contributed by atoms with Gasteiger partial charge < -0.3 is 15.3 Å². The summed E-state index contributed by atoms with van der Waals surface area (Å²) in [5.74, 6) is 0. The van der Waals surface area contributed by atoms with Gasteiger partial charge in [0.2, 0.25) is 0 Å². The fraction of sp³-hybridized carbons (Fsp3) is 0.429. The van der Waals surface area contributed by atoms with E-state index in [0.717, 1.165) is 13.1 Å². The lowest BCUT2D eigenvalue weighted by atomic mass is 10.2. The highest BCUT2D eigenvalue weighted by atomic mass is 16.3. The maximum absolute atomic E-state index is 12.1. The zero-order valence-electron chi connectivity index (χ0n) is 11.2. The number of β-amino-alcohol motifs (C(OH)–C–C–N with tert-alkyl or cyclic N) is 1. The lowest BCUT2D eigenvalue weighted by Crippen LogP contribution is -2.50. The average molecular weight is 274 g/mol. The number of amides is 2. The average Bonchev–Trinajstić information content (AvgIpc) is 2.48. The lowest BCUT2D eigenvalue weighted by Gasteiger charge is -2.34. The Labute approximate surface area is 118 Å². The van der Waals surface area contributed by atoms with Crippen molar-refractivity contribution >= 4 is 11.7 Å². The first-order valence-corrected chi connectivity index (χ1v) is 6.62. The van der Waals surface area contributed by atoms with Gasteiger partial charge in [0, 0.05) is 38.4 Å². The third-order valence-electron chi connectivity index (χ3n) is 3.32. The Morgan fingerprint density at radius 2 is 2.10 bits per heavy atom. The molecule has 1 aliphatic heterocycles. The summed E-state index contributed by atoms with van der Waals surface area (Å²) in [7, 11) is 0. The van der Waals surface area contributed by atoms with E-state index < -0.39 is 0 Å². The number of rotatable bonds is 3. The molecule has 0 aliphatic carbocycles. The molecule has 1 fully saturated rings. The minimum Gasteiger partial charge on any atom is -0.395 e. The molecule has 1 aromatic rings. The number of urea groups is 1. The van der Waals surface area contributed by atoms with Gasteiger partial charge in [-0.2, -0.15) is 5.26 Å². The molecule has 1 aromatic carbocycles. The lowest BCUT2D eigenvalue weighted by molar-refractivity contribution is 0.127. The number of benzene rings is 1. The van der Waals surface area contributed by atoms with Crippen LogP contribution in [0.4, 0.5) is 10.5 Å². The Hall–Kier alpha value is -2.10. The number of aliphatic hydroxyl groups excluding tert-OH is 1. The first kappa shape index (κ1) is 14.3. The Morgan fingerprint density at radius 3 is 2.75 bits per heavy atom. The topological polar surface area (TPSA) is 79.6 Å². The molecule has 2 amide bonds. The van der Waals surface area contributed by atoms with Crippen molar-refractivity contribution in [2.24, 2.45) is 0 Å². The highest BCUT2D eigenvalue weighted by Crippen LogP contribution is 2.11. The maximum atomic E-state index is 12.1. The smallest absolute Gasteiger partial charge is 0.321 e. The molecule has 6 nitrogen and oxygen atoms in total. The van der Waals surface area contributed by atoms with E-state index in [1.54, 1.807) is 29.2 Å². The number of hydrogen-bond acceptors (Lipinski definition) is 4. The van der Waals surface area contributed by atoms with Gasteiger partial charge in [-0.3, -0.25) is 4.90 Å². The van der Waals surface area contributed by atoms with E-state index in [1.807, 2.05) is 6.07 Å². The second-order valence-electron chi connectivity index (χ2n) is 4.68. The number of nitrogens with zero attached hydrogens (tertiary/aromatic N) is 3. The van der Waals surface area contributed by atoms with E-state index in [-0.39, 0.29) is 12.6 Å². The molecule has 2 rings (SSSR count). The van der Waals surface area contributed by atoms with Crippen LogP contribution in [0.15, 0.2) is 24.3 Å². The first-order valence-electron chi connectivity index (χ1n) is 6.62. The summed E-state index contributed by atoms with van der Waals surface area (Å²) in [6, 6.07) is 8.75. The van der Waals surface area contributed by atoms with Crippen molar-refractivity contribution in [1.82, 2.24) is 9.80 Å². The predicted octanol–water partition coefficient (Wildman–Crippen LogP) is 0.700. The molecule has 0 bridgehead atoms. The third-order valence-corrected chi connectivity index (χ3v) is 3.32. The van der Waals surface area contributed by atoms with Crippen LogP contribution in [0.1, 0.15) is 5.56 Å². The van der Waals surface area contributed by atoms with Crippen molar-refractivity contribution in [3.63, 3.8) is 0 Å². The molecular formula is C14H18N4O2. The molecule has 0 atom stereocenters. The number of piperazine rings is 1. The molecule has 0 unspecified atom stereocenters. The number of nitriles is 1. The zero-order valence-corrected chi connectivity index (χ0v) is 11.2. The van der Waals surface area contributed by atoms with Gasteiger partial charge in [-0.05, 0) is 18.2 Å². The largest absolute Gasteiger partial charge is 0.395 e. The van der Waals surface area contributed by atoms with Crippen molar-refractivity contribution in [1.29, 1.82) is 5.26 Å². The quantitative estimate of drug-likeness (QED) is 0.850. The van der Waals surface area contributed by atoms with Crippen molar-refractivity contribution in [2.75, 3.05) is 44.6 Å². The molecule has 106 valence electrons. The monoisotopic (exact) mass is 274 g/mol. The fourth-order valence-electron chi connectivity index (χ4n) is 2.19. The summed E-state index contributed by atoms with van der Waals surface area (Å²) in [4.78, 5) is 16.0. The van der Waals surface area contributed by atoms with Crippen LogP contribution in [0.2, 0.25) is 0 Å². The number of carbonyl (C=O) groups is 1. The van der Waals surface area contributed by atoms with E-state index in [0.29, 0.717) is 30.9 Å². The SMILES string of the molecule is N#Cc1cccc(NC(=O)N2CCN(CCO)CC2)c1. The molecule has 0 radical (unpaired) electrons. The zero-order chi connectivity index (χ0) is 14.4. The molecule has 0 saturated carbocycles. The van der Waals surface area contributed by atoms with E-state index in [4.69, 9.17) is 10.4 Å². The Balaban J connectivity index is 1.88. The van der Waals surface area contributed by atoms with Crippen LogP contribution in [-0.4, -0.2) is 60.3 Å².